The molecule has 0 bridgehead atoms. The quantitative estimate of drug-likeness (QED) is 0.701. The third kappa shape index (κ3) is 4.18. The molecule has 0 aromatic heterocycles. The minimum Gasteiger partial charge on any atom is -0.480 e. The predicted molar refractivity (Wildman–Crippen MR) is 59.0 cm³/mol. The van der Waals surface area contributed by atoms with Crippen LogP contribution in [-0.2, 0) is 4.79 Å². The highest BCUT2D eigenvalue weighted by Crippen LogP contribution is 2.20. The number of carbonyl (C=O) groups excluding carboxylic acids is 1. The lowest BCUT2D eigenvalue weighted by atomic mass is 10.1. The molecular formula is C11H11F2NO5. The molecule has 1 amide bonds. The van der Waals surface area contributed by atoms with Gasteiger partial charge in [0.1, 0.15) is 5.75 Å². The number of aliphatic hydroxyl groups excluding tert-OH is 1. The van der Waals surface area contributed by atoms with Crippen LogP contribution in [0.4, 0.5) is 8.78 Å². The van der Waals surface area contributed by atoms with Gasteiger partial charge in [-0.15, -0.1) is 0 Å². The Hall–Kier alpha value is -2.22. The Morgan fingerprint density at radius 3 is 2.47 bits per heavy atom. The summed E-state index contributed by atoms with van der Waals surface area (Å²) in [5, 5.41) is 19.4. The van der Waals surface area contributed by atoms with Gasteiger partial charge in [-0.1, -0.05) is 12.1 Å². The van der Waals surface area contributed by atoms with Crippen LogP contribution < -0.4 is 10.1 Å². The van der Waals surface area contributed by atoms with Gasteiger partial charge in [-0.3, -0.25) is 4.79 Å². The van der Waals surface area contributed by atoms with E-state index in [1.54, 1.807) is 0 Å². The van der Waals surface area contributed by atoms with E-state index >= 15 is 0 Å². The Kier molecular flexibility index (Phi) is 5.19. The summed E-state index contributed by atoms with van der Waals surface area (Å²) in [6.45, 7) is -3.93. The van der Waals surface area contributed by atoms with Gasteiger partial charge in [0.25, 0.3) is 5.91 Å². The van der Waals surface area contributed by atoms with E-state index in [0.29, 0.717) is 0 Å². The highest BCUT2D eigenvalue weighted by molar-refractivity contribution is 5.98. The van der Waals surface area contributed by atoms with Crippen molar-refractivity contribution in [2.24, 2.45) is 0 Å². The summed E-state index contributed by atoms with van der Waals surface area (Å²) in [6, 6.07) is 3.61. The minimum absolute atomic E-state index is 0.248. The van der Waals surface area contributed by atoms with E-state index in [-0.39, 0.29) is 11.3 Å². The summed E-state index contributed by atoms with van der Waals surface area (Å²) >= 11 is 0. The number of carbonyl (C=O) groups is 2. The fourth-order valence-corrected chi connectivity index (χ4v) is 1.27. The maximum atomic E-state index is 12.1. The molecule has 1 aromatic carbocycles. The molecule has 8 heteroatoms. The van der Waals surface area contributed by atoms with Crippen molar-refractivity contribution in [3.63, 3.8) is 0 Å². The zero-order chi connectivity index (χ0) is 14.4. The van der Waals surface area contributed by atoms with Crippen LogP contribution in [0.2, 0.25) is 0 Å². The van der Waals surface area contributed by atoms with Gasteiger partial charge in [0.05, 0.1) is 12.2 Å². The molecule has 3 N–H and O–H groups in total. The van der Waals surface area contributed by atoms with E-state index in [1.165, 1.54) is 18.2 Å². The third-order valence-corrected chi connectivity index (χ3v) is 2.13. The second kappa shape index (κ2) is 6.64. The monoisotopic (exact) mass is 275 g/mol. The van der Waals surface area contributed by atoms with Crippen molar-refractivity contribution in [2.45, 2.75) is 12.7 Å². The van der Waals surface area contributed by atoms with Crippen LogP contribution in [0.1, 0.15) is 10.4 Å². The average molecular weight is 275 g/mol. The van der Waals surface area contributed by atoms with Crippen molar-refractivity contribution in [2.75, 3.05) is 6.61 Å². The maximum Gasteiger partial charge on any atom is 0.387 e. The summed E-state index contributed by atoms with van der Waals surface area (Å²) < 4.78 is 28.4. The van der Waals surface area contributed by atoms with Gasteiger partial charge in [-0.05, 0) is 12.1 Å². The van der Waals surface area contributed by atoms with E-state index in [2.05, 4.69) is 4.74 Å². The molecule has 0 aliphatic carbocycles. The number of aliphatic hydroxyl groups is 1. The van der Waals surface area contributed by atoms with E-state index < -0.39 is 31.1 Å². The first kappa shape index (κ1) is 14.8. The molecule has 0 fully saturated rings. The molecule has 1 atom stereocenters. The Bertz CT molecular complexity index is 466. The minimum atomic E-state index is -3.11. The van der Waals surface area contributed by atoms with Crippen molar-refractivity contribution in [1.82, 2.24) is 5.32 Å². The van der Waals surface area contributed by atoms with Gasteiger partial charge in [0.2, 0.25) is 0 Å². The number of benzene rings is 1. The van der Waals surface area contributed by atoms with Crippen molar-refractivity contribution in [1.29, 1.82) is 0 Å². The van der Waals surface area contributed by atoms with E-state index in [9.17, 15) is 18.4 Å². The van der Waals surface area contributed by atoms with Crippen LogP contribution in [-0.4, -0.2) is 41.3 Å². The van der Waals surface area contributed by atoms with Gasteiger partial charge in [-0.25, -0.2) is 4.79 Å². The summed E-state index contributed by atoms with van der Waals surface area (Å²) in [6.07, 6.45) is 0. The molecule has 6 nitrogen and oxygen atoms in total. The smallest absolute Gasteiger partial charge is 0.387 e. The van der Waals surface area contributed by atoms with Crippen LogP contribution in [0.3, 0.4) is 0 Å². The first-order valence-corrected chi connectivity index (χ1v) is 5.14. The molecule has 1 rings (SSSR count). The SMILES string of the molecule is O=C(NC(CO)C(=O)O)c1ccccc1OC(F)F. The van der Waals surface area contributed by atoms with Gasteiger partial charge >= 0.3 is 12.6 Å². The predicted octanol–water partition coefficient (Wildman–Crippen LogP) is 0.463. The number of para-hydroxylation sites is 1. The number of alkyl halides is 2. The lowest BCUT2D eigenvalue weighted by Gasteiger charge is -2.14. The second-order valence-electron chi connectivity index (χ2n) is 3.42. The molecule has 0 saturated carbocycles. The molecule has 0 heterocycles. The van der Waals surface area contributed by atoms with Crippen molar-refractivity contribution >= 4 is 11.9 Å². The maximum absolute atomic E-state index is 12.1. The Morgan fingerprint density at radius 2 is 1.95 bits per heavy atom. The fraction of sp³-hybridized carbons (Fsp3) is 0.273. The number of nitrogens with one attached hydrogen (secondary N) is 1. The number of rotatable bonds is 6. The highest BCUT2D eigenvalue weighted by atomic mass is 19.3. The van der Waals surface area contributed by atoms with Crippen LogP contribution in [0.25, 0.3) is 0 Å². The highest BCUT2D eigenvalue weighted by Gasteiger charge is 2.22. The molecule has 104 valence electrons. The lowest BCUT2D eigenvalue weighted by Crippen LogP contribution is -2.43. The fourth-order valence-electron chi connectivity index (χ4n) is 1.27. The number of ether oxygens (including phenoxy) is 1. The van der Waals surface area contributed by atoms with Crippen molar-refractivity contribution in [3.8, 4) is 5.75 Å². The van der Waals surface area contributed by atoms with Crippen molar-refractivity contribution < 1.29 is 33.3 Å². The van der Waals surface area contributed by atoms with E-state index in [0.717, 1.165) is 6.07 Å². The first-order chi connectivity index (χ1) is 8.95. The molecule has 0 saturated heterocycles. The zero-order valence-corrected chi connectivity index (χ0v) is 9.55. The van der Waals surface area contributed by atoms with E-state index in [1.807, 2.05) is 5.32 Å². The van der Waals surface area contributed by atoms with Gasteiger partial charge in [0, 0.05) is 0 Å². The van der Waals surface area contributed by atoms with Crippen LogP contribution in [0.15, 0.2) is 24.3 Å². The number of hydrogen-bond donors (Lipinski definition) is 3. The first-order valence-electron chi connectivity index (χ1n) is 5.14. The summed E-state index contributed by atoms with van der Waals surface area (Å²) in [5.41, 5.74) is -0.248. The molecule has 0 radical (unpaired) electrons. The molecule has 1 aromatic rings. The average Bonchev–Trinajstić information content (AvgIpc) is 2.35. The summed E-state index contributed by atoms with van der Waals surface area (Å²) in [7, 11) is 0. The molecule has 19 heavy (non-hydrogen) atoms. The number of aliphatic carboxylic acids is 1. The standard InChI is InChI=1S/C11H11F2NO5/c12-11(13)19-8-4-2-1-3-6(8)9(16)14-7(5-15)10(17)18/h1-4,7,11,15H,5H2,(H,14,16)(H,17,18). The van der Waals surface area contributed by atoms with Crippen molar-refractivity contribution in [3.05, 3.63) is 29.8 Å². The van der Waals surface area contributed by atoms with Gasteiger partial charge < -0.3 is 20.3 Å². The second-order valence-corrected chi connectivity index (χ2v) is 3.42. The lowest BCUT2D eigenvalue weighted by molar-refractivity contribution is -0.140. The zero-order valence-electron chi connectivity index (χ0n) is 9.55. The number of halogens is 2. The number of amides is 1. The molecule has 0 spiro atoms. The van der Waals surface area contributed by atoms with Crippen LogP contribution in [0, 0.1) is 0 Å². The Morgan fingerprint density at radius 1 is 1.32 bits per heavy atom. The number of carboxylic acid groups (broad SMARTS) is 1. The normalized spacial score (nSPS) is 12.0. The molecular weight excluding hydrogens is 264 g/mol. The summed E-state index contributed by atoms with van der Waals surface area (Å²) in [4.78, 5) is 22.3. The number of carboxylic acids is 1. The topological polar surface area (TPSA) is 95.9 Å². The molecule has 1 unspecified atom stereocenters. The number of hydrogen-bond acceptors (Lipinski definition) is 4. The van der Waals surface area contributed by atoms with Gasteiger partial charge in [-0.2, -0.15) is 8.78 Å². The van der Waals surface area contributed by atoms with E-state index in [4.69, 9.17) is 10.2 Å². The third-order valence-electron chi connectivity index (χ3n) is 2.13. The van der Waals surface area contributed by atoms with Crippen LogP contribution in [0.5, 0.6) is 5.75 Å². The summed E-state index contributed by atoms with van der Waals surface area (Å²) in [5.74, 6) is -2.75. The molecule has 0 aliphatic heterocycles. The Labute approximate surface area is 106 Å². The van der Waals surface area contributed by atoms with Crippen LogP contribution >= 0.6 is 0 Å². The molecule has 0 aliphatic rings. The Balaban J connectivity index is 2.90. The largest absolute Gasteiger partial charge is 0.480 e. The van der Waals surface area contributed by atoms with Gasteiger partial charge in [0.15, 0.2) is 6.04 Å².